The van der Waals surface area contributed by atoms with Crippen molar-refractivity contribution >= 4 is 82.0 Å². The van der Waals surface area contributed by atoms with Gasteiger partial charge in [0, 0.05) is 18.1 Å². The molecule has 2 aliphatic heterocycles. The number of anilines is 1. The van der Waals surface area contributed by atoms with Crippen molar-refractivity contribution in [1.82, 2.24) is 25.8 Å². The minimum absolute atomic E-state index is 0.131. The number of carbonyl (C=O) groups excluding carboxylic acids is 8. The number of nitrogens with two attached hydrogens (primary N) is 1. The second-order valence-corrected chi connectivity index (χ2v) is 18.8. The van der Waals surface area contributed by atoms with Crippen LogP contribution in [-0.2, 0) is 62.0 Å². The maximum Gasteiger partial charge on any atom is 0.511 e. The summed E-state index contributed by atoms with van der Waals surface area (Å²) in [6.45, 7) is 16.1. The fourth-order valence-electron chi connectivity index (χ4n) is 5.48. The molecule has 0 aliphatic carbocycles. The van der Waals surface area contributed by atoms with Crippen LogP contribution in [0.15, 0.2) is 22.3 Å². The lowest BCUT2D eigenvalue weighted by molar-refractivity contribution is -0.173. The molecular formula is C39H57N7O16S2. The lowest BCUT2D eigenvalue weighted by Gasteiger charge is -2.48. The third-order valence-corrected chi connectivity index (χ3v) is 10.2. The summed E-state index contributed by atoms with van der Waals surface area (Å²) in [4.78, 5) is 114. The second-order valence-electron chi connectivity index (χ2n) is 16.7. The van der Waals surface area contributed by atoms with Gasteiger partial charge in [-0.3, -0.25) is 14.5 Å². The van der Waals surface area contributed by atoms with Gasteiger partial charge in [0.15, 0.2) is 16.9 Å². The molecule has 2 aliphatic rings. The van der Waals surface area contributed by atoms with Crippen molar-refractivity contribution in [3.05, 3.63) is 22.8 Å². The predicted molar refractivity (Wildman–Crippen MR) is 228 cm³/mol. The van der Waals surface area contributed by atoms with Crippen LogP contribution < -0.4 is 21.7 Å². The molecule has 3 rings (SSSR count). The lowest BCUT2D eigenvalue weighted by atomic mass is 10.0. The highest BCUT2D eigenvalue weighted by Crippen LogP contribution is 2.38. The highest BCUT2D eigenvalue weighted by atomic mass is 32.2. The quantitative estimate of drug-likeness (QED) is 0.0411. The zero-order chi connectivity index (χ0) is 48.3. The SMILES string of the molecule is CON=C(C(=O)NC1C(=O)N2C(C(=O)OC(C)OC(=O)OC(COC(=O)[C@@H](NC(=O)OC(C)(C)C)C(C)C)COC(=O)[C@@H](NC(=O)OC(C)(C)C)C(C)C)=CCS[C@@H]12)c1csc(N)n1. The minimum atomic E-state index is -1.63. The number of rotatable bonds is 18. The van der Waals surface area contributed by atoms with Gasteiger partial charge in [-0.2, -0.15) is 0 Å². The molecule has 1 fully saturated rings. The maximum absolute atomic E-state index is 13.3. The molecule has 0 radical (unpaired) electrons. The number of oxime groups is 1. The number of nitrogens with one attached hydrogen (secondary N) is 3. The van der Waals surface area contributed by atoms with Crippen LogP contribution in [0.4, 0.5) is 19.5 Å². The average Bonchev–Trinajstić information content (AvgIpc) is 3.60. The van der Waals surface area contributed by atoms with E-state index in [1.54, 1.807) is 69.2 Å². The number of esters is 3. The number of alkyl carbamates (subject to hydrolysis) is 2. The van der Waals surface area contributed by atoms with Crippen molar-refractivity contribution < 1.29 is 76.4 Å². The van der Waals surface area contributed by atoms with Crippen molar-refractivity contribution in [2.75, 3.05) is 31.8 Å². The molecule has 4 amide bonds. The molecule has 1 saturated heterocycles. The zero-order valence-electron chi connectivity index (χ0n) is 37.7. The zero-order valence-corrected chi connectivity index (χ0v) is 39.3. The monoisotopic (exact) mass is 943 g/mol. The fourth-order valence-corrected chi connectivity index (χ4v) is 7.22. The summed E-state index contributed by atoms with van der Waals surface area (Å²) in [6.07, 6.45) is -4.99. The van der Waals surface area contributed by atoms with Gasteiger partial charge in [-0.1, -0.05) is 32.9 Å². The molecule has 356 valence electrons. The Balaban J connectivity index is 1.68. The summed E-state index contributed by atoms with van der Waals surface area (Å²) in [6, 6.07) is -3.49. The van der Waals surface area contributed by atoms with E-state index in [1.165, 1.54) is 37.3 Å². The van der Waals surface area contributed by atoms with Crippen LogP contribution in [0.1, 0.15) is 81.9 Å². The van der Waals surface area contributed by atoms with E-state index < -0.39 is 120 Å². The number of thiazole rings is 1. The Bertz CT molecular complexity index is 1900. The number of β-lactam (4-membered cyclic amide) rings is 1. The van der Waals surface area contributed by atoms with Gasteiger partial charge < -0.3 is 59.7 Å². The van der Waals surface area contributed by atoms with Crippen LogP contribution in [0.2, 0.25) is 0 Å². The van der Waals surface area contributed by atoms with Crippen molar-refractivity contribution in [3.63, 3.8) is 0 Å². The third-order valence-electron chi connectivity index (χ3n) is 8.31. The van der Waals surface area contributed by atoms with Crippen molar-refractivity contribution in [2.45, 2.75) is 123 Å². The number of hydrogen-bond donors (Lipinski definition) is 4. The van der Waals surface area contributed by atoms with E-state index in [2.05, 4.69) is 26.1 Å². The molecular weight excluding hydrogens is 887 g/mol. The van der Waals surface area contributed by atoms with E-state index in [0.717, 1.165) is 16.2 Å². The molecule has 3 heterocycles. The molecule has 0 spiro atoms. The first-order chi connectivity index (χ1) is 29.7. The summed E-state index contributed by atoms with van der Waals surface area (Å²) < 4.78 is 37.0. The fraction of sp³-hybridized carbons (Fsp3) is 0.641. The van der Waals surface area contributed by atoms with Gasteiger partial charge in [0.1, 0.15) is 66.4 Å². The molecule has 1 aromatic rings. The summed E-state index contributed by atoms with van der Waals surface area (Å²) in [5.41, 5.74) is 3.67. The summed E-state index contributed by atoms with van der Waals surface area (Å²) in [5.74, 6) is -5.13. The molecule has 0 aromatic carbocycles. The summed E-state index contributed by atoms with van der Waals surface area (Å²) >= 11 is 2.32. The first-order valence-corrected chi connectivity index (χ1v) is 21.8. The van der Waals surface area contributed by atoms with Crippen LogP contribution in [0.5, 0.6) is 0 Å². The third kappa shape index (κ3) is 15.7. The van der Waals surface area contributed by atoms with Crippen LogP contribution in [-0.4, -0.2) is 137 Å². The van der Waals surface area contributed by atoms with Gasteiger partial charge in [0.25, 0.3) is 11.8 Å². The Labute approximate surface area is 378 Å². The number of ether oxygens (including phenoxy) is 7. The molecule has 0 saturated carbocycles. The van der Waals surface area contributed by atoms with E-state index in [1.807, 2.05) is 0 Å². The molecule has 25 heteroatoms. The molecule has 23 nitrogen and oxygen atoms in total. The van der Waals surface area contributed by atoms with Gasteiger partial charge in [-0.05, 0) is 59.5 Å². The number of hydrogen-bond acceptors (Lipinski definition) is 21. The Kier molecular flexibility index (Phi) is 18.6. The molecule has 2 unspecified atom stereocenters. The number of amides is 4. The van der Waals surface area contributed by atoms with Gasteiger partial charge in [0.2, 0.25) is 6.29 Å². The first kappa shape index (κ1) is 52.5. The van der Waals surface area contributed by atoms with Gasteiger partial charge in [-0.25, -0.2) is 33.8 Å². The number of nitrogen functional groups attached to an aromatic ring is 1. The van der Waals surface area contributed by atoms with Crippen molar-refractivity contribution in [2.24, 2.45) is 17.0 Å². The average molecular weight is 944 g/mol. The van der Waals surface area contributed by atoms with Crippen LogP contribution in [0.3, 0.4) is 0 Å². The van der Waals surface area contributed by atoms with E-state index in [4.69, 9.17) is 43.7 Å². The Morgan fingerprint density at radius 3 is 1.84 bits per heavy atom. The van der Waals surface area contributed by atoms with E-state index in [-0.39, 0.29) is 28.0 Å². The predicted octanol–water partition coefficient (Wildman–Crippen LogP) is 2.96. The van der Waals surface area contributed by atoms with E-state index >= 15 is 0 Å². The Hall–Kier alpha value is -5.85. The summed E-state index contributed by atoms with van der Waals surface area (Å²) in [5, 5.41) is 12.1. The Morgan fingerprint density at radius 2 is 1.39 bits per heavy atom. The number of carbonyl (C=O) groups is 8. The number of thioether (sulfide) groups is 1. The molecule has 64 heavy (non-hydrogen) atoms. The molecule has 5 atom stereocenters. The molecule has 1 aromatic heterocycles. The Morgan fingerprint density at radius 1 is 0.859 bits per heavy atom. The van der Waals surface area contributed by atoms with Crippen molar-refractivity contribution in [3.8, 4) is 0 Å². The minimum Gasteiger partial charge on any atom is -0.460 e. The topological polar surface area (TPSA) is 301 Å². The largest absolute Gasteiger partial charge is 0.511 e. The van der Waals surface area contributed by atoms with Gasteiger partial charge in [0.05, 0.1) is 0 Å². The second kappa shape index (κ2) is 22.7. The first-order valence-electron chi connectivity index (χ1n) is 19.9. The van der Waals surface area contributed by atoms with Crippen LogP contribution >= 0.6 is 23.1 Å². The van der Waals surface area contributed by atoms with Crippen LogP contribution in [0, 0.1) is 11.8 Å². The highest BCUT2D eigenvalue weighted by molar-refractivity contribution is 8.00. The highest BCUT2D eigenvalue weighted by Gasteiger charge is 2.53. The van der Waals surface area contributed by atoms with Gasteiger partial charge >= 0.3 is 36.2 Å². The number of aromatic nitrogens is 1. The normalized spacial score (nSPS) is 17.7. The lowest BCUT2D eigenvalue weighted by Crippen LogP contribution is -2.70. The van der Waals surface area contributed by atoms with Gasteiger partial charge in [-0.15, -0.1) is 23.1 Å². The smallest absolute Gasteiger partial charge is 0.460 e. The number of nitrogens with zero attached hydrogens (tertiary/aromatic N) is 3. The van der Waals surface area contributed by atoms with E-state index in [0.29, 0.717) is 0 Å². The van der Waals surface area contributed by atoms with E-state index in [9.17, 15) is 38.4 Å². The standard InChI is InChI=1S/C39H57N7O16S2/c1-18(2)24(43-35(52)61-38(6,7)8)32(50)56-15-21(16-57-33(51)25(19(3)4)44-36(53)62-39(9,10)11)60-37(54)59-20(5)58-31(49)23-13-14-63-30-27(29(48)46(23)30)42-28(47)26(45-55-12)22-17-64-34(40)41-22/h13,17-21,24-25,27,30H,14-16H2,1-12H3,(H2,40,41)(H,42,47)(H,43,52)(H,44,53)/t20?,24-,25-,27?,30-/m0/s1. The molecule has 0 bridgehead atoms. The maximum atomic E-state index is 13.3. The van der Waals surface area contributed by atoms with Crippen LogP contribution in [0.25, 0.3) is 0 Å². The molecule has 5 N–H and O–H groups in total. The van der Waals surface area contributed by atoms with Crippen molar-refractivity contribution in [1.29, 1.82) is 0 Å². The number of fused-ring (bicyclic) bond motifs is 1. The summed E-state index contributed by atoms with van der Waals surface area (Å²) in [7, 11) is 1.23.